The van der Waals surface area contributed by atoms with Crippen molar-refractivity contribution in [2.75, 3.05) is 13.1 Å². The van der Waals surface area contributed by atoms with Crippen LogP contribution in [0.2, 0.25) is 5.02 Å². The molecule has 1 aromatic rings. The van der Waals surface area contributed by atoms with Crippen molar-refractivity contribution in [1.82, 2.24) is 4.90 Å². The van der Waals surface area contributed by atoms with E-state index in [1.165, 1.54) is 6.07 Å². The highest BCUT2D eigenvalue weighted by atomic mass is 35.5. The summed E-state index contributed by atoms with van der Waals surface area (Å²) in [6.45, 7) is 6.94. The van der Waals surface area contributed by atoms with E-state index in [1.54, 1.807) is 28.8 Å². The first-order chi connectivity index (χ1) is 9.74. The number of benzene rings is 1. The second-order valence-electron chi connectivity index (χ2n) is 6.07. The zero-order valence-electron chi connectivity index (χ0n) is 12.4. The van der Waals surface area contributed by atoms with Crippen LogP contribution in [0.15, 0.2) is 23.1 Å². The van der Waals surface area contributed by atoms with Crippen molar-refractivity contribution in [2.24, 2.45) is 0 Å². The Kier molecular flexibility index (Phi) is 4.94. The second kappa shape index (κ2) is 6.36. The van der Waals surface area contributed by atoms with E-state index < -0.39 is 5.60 Å². The summed E-state index contributed by atoms with van der Waals surface area (Å²) in [6.07, 6.45) is 0.642. The molecule has 0 aliphatic carbocycles. The number of carbonyl (C=O) groups is 1. The van der Waals surface area contributed by atoms with Gasteiger partial charge in [0.1, 0.15) is 11.4 Å². The van der Waals surface area contributed by atoms with Gasteiger partial charge in [-0.2, -0.15) is 0 Å². The number of carbonyl (C=O) groups excluding carboxylic acids is 1. The van der Waals surface area contributed by atoms with Crippen molar-refractivity contribution in [1.29, 1.82) is 0 Å². The molecule has 0 spiro atoms. The van der Waals surface area contributed by atoms with E-state index in [-0.39, 0.29) is 11.8 Å². The smallest absolute Gasteiger partial charge is 0.410 e. The summed E-state index contributed by atoms with van der Waals surface area (Å²) in [5.41, 5.74) is -0.470. The fourth-order valence-corrected chi connectivity index (χ4v) is 3.54. The molecule has 1 saturated heterocycles. The third kappa shape index (κ3) is 4.71. The van der Waals surface area contributed by atoms with Crippen LogP contribution in [0.25, 0.3) is 0 Å². The lowest BCUT2D eigenvalue weighted by atomic mass is 10.2. The lowest BCUT2D eigenvalue weighted by Gasteiger charge is -2.24. The molecule has 0 aromatic heterocycles. The van der Waals surface area contributed by atoms with Crippen molar-refractivity contribution in [3.8, 4) is 5.75 Å². The molecule has 1 heterocycles. The van der Waals surface area contributed by atoms with Gasteiger partial charge in [-0.05, 0) is 45.4 Å². The predicted molar refractivity (Wildman–Crippen MR) is 85.2 cm³/mol. The number of rotatable bonds is 2. The summed E-state index contributed by atoms with van der Waals surface area (Å²) in [5, 5.41) is 10.2. The Morgan fingerprint density at radius 3 is 2.81 bits per heavy atom. The number of halogens is 1. The van der Waals surface area contributed by atoms with E-state index in [1.807, 2.05) is 20.8 Å². The number of amides is 1. The number of hydrogen-bond acceptors (Lipinski definition) is 4. The van der Waals surface area contributed by atoms with Crippen molar-refractivity contribution in [3.05, 3.63) is 23.2 Å². The van der Waals surface area contributed by atoms with Gasteiger partial charge >= 0.3 is 6.09 Å². The Morgan fingerprint density at radius 1 is 1.48 bits per heavy atom. The van der Waals surface area contributed by atoms with Crippen LogP contribution in [0, 0.1) is 0 Å². The zero-order chi connectivity index (χ0) is 15.6. The maximum absolute atomic E-state index is 12.0. The predicted octanol–water partition coefficient (Wildman–Crippen LogP) is 4.15. The second-order valence-corrected chi connectivity index (χ2v) is 7.82. The van der Waals surface area contributed by atoms with E-state index in [4.69, 9.17) is 16.3 Å². The SMILES string of the molecule is CC(C)(C)OC(=O)N1CC[C@@H](Sc2ccc(O)cc2Cl)C1. The van der Waals surface area contributed by atoms with Crippen LogP contribution < -0.4 is 0 Å². The minimum atomic E-state index is -0.470. The first-order valence-electron chi connectivity index (χ1n) is 6.88. The zero-order valence-corrected chi connectivity index (χ0v) is 14.0. The number of phenolic OH excluding ortho intramolecular Hbond substituents is 1. The highest BCUT2D eigenvalue weighted by Crippen LogP contribution is 2.36. The monoisotopic (exact) mass is 329 g/mol. The minimum Gasteiger partial charge on any atom is -0.508 e. The highest BCUT2D eigenvalue weighted by molar-refractivity contribution is 8.00. The minimum absolute atomic E-state index is 0.158. The van der Waals surface area contributed by atoms with E-state index in [2.05, 4.69) is 0 Å². The van der Waals surface area contributed by atoms with Crippen molar-refractivity contribution < 1.29 is 14.6 Å². The van der Waals surface area contributed by atoms with Gasteiger partial charge in [0.15, 0.2) is 0 Å². The number of ether oxygens (including phenoxy) is 1. The number of thioether (sulfide) groups is 1. The summed E-state index contributed by atoms with van der Waals surface area (Å²) in [7, 11) is 0. The van der Waals surface area contributed by atoms with Gasteiger partial charge in [-0.15, -0.1) is 11.8 Å². The molecule has 2 rings (SSSR count). The summed E-state index contributed by atoms with van der Waals surface area (Å²) < 4.78 is 5.38. The molecule has 0 bridgehead atoms. The van der Waals surface area contributed by atoms with Crippen LogP contribution in [0.3, 0.4) is 0 Å². The van der Waals surface area contributed by atoms with Crippen molar-refractivity contribution >= 4 is 29.5 Å². The standard InChI is InChI=1S/C15H20ClNO3S/c1-15(2,3)20-14(19)17-7-6-11(9-17)21-13-5-4-10(18)8-12(13)16/h4-5,8,11,18H,6-7,9H2,1-3H3/t11-/m1/s1. The average Bonchev–Trinajstić information content (AvgIpc) is 2.79. The molecule has 4 nitrogen and oxygen atoms in total. The molecule has 21 heavy (non-hydrogen) atoms. The molecular formula is C15H20ClNO3S. The normalized spacial score (nSPS) is 18.9. The van der Waals surface area contributed by atoms with E-state index in [0.717, 1.165) is 11.3 Å². The lowest BCUT2D eigenvalue weighted by molar-refractivity contribution is 0.0295. The molecule has 6 heteroatoms. The number of hydrogen-bond donors (Lipinski definition) is 1. The first kappa shape index (κ1) is 16.3. The van der Waals surface area contributed by atoms with Crippen LogP contribution in [-0.4, -0.2) is 40.0 Å². The molecule has 0 unspecified atom stereocenters. The molecular weight excluding hydrogens is 310 g/mol. The number of aromatic hydroxyl groups is 1. The molecule has 1 fully saturated rings. The number of phenols is 1. The largest absolute Gasteiger partial charge is 0.508 e. The van der Waals surface area contributed by atoms with Crippen molar-refractivity contribution in [3.63, 3.8) is 0 Å². The summed E-state index contributed by atoms with van der Waals surface area (Å²) in [5.74, 6) is 0.158. The van der Waals surface area contributed by atoms with Crippen LogP contribution in [0.1, 0.15) is 27.2 Å². The molecule has 1 amide bonds. The summed E-state index contributed by atoms with van der Waals surface area (Å²) in [6, 6.07) is 4.96. The molecule has 1 atom stereocenters. The average molecular weight is 330 g/mol. The van der Waals surface area contributed by atoms with Gasteiger partial charge in [0.05, 0.1) is 5.02 Å². The summed E-state index contributed by atoms with van der Waals surface area (Å²) >= 11 is 7.74. The third-order valence-corrected chi connectivity index (χ3v) is 4.76. The maximum atomic E-state index is 12.0. The topological polar surface area (TPSA) is 49.8 Å². The van der Waals surface area contributed by atoms with Crippen LogP contribution >= 0.6 is 23.4 Å². The van der Waals surface area contributed by atoms with Gasteiger partial charge in [0.25, 0.3) is 0 Å². The lowest BCUT2D eigenvalue weighted by Crippen LogP contribution is -2.35. The van der Waals surface area contributed by atoms with Crippen LogP contribution in [0.5, 0.6) is 5.75 Å². The third-order valence-electron chi connectivity index (χ3n) is 3.01. The molecule has 1 aliphatic heterocycles. The molecule has 0 radical (unpaired) electrons. The summed E-state index contributed by atoms with van der Waals surface area (Å²) in [4.78, 5) is 14.7. The van der Waals surface area contributed by atoms with E-state index in [9.17, 15) is 9.90 Å². The first-order valence-corrected chi connectivity index (χ1v) is 8.13. The van der Waals surface area contributed by atoms with Crippen LogP contribution in [-0.2, 0) is 4.74 Å². The molecule has 1 N–H and O–H groups in total. The Balaban J connectivity index is 1.92. The molecule has 116 valence electrons. The Hall–Kier alpha value is -1.07. The fourth-order valence-electron chi connectivity index (χ4n) is 2.08. The van der Waals surface area contributed by atoms with Gasteiger partial charge in [-0.1, -0.05) is 11.6 Å². The number of nitrogens with zero attached hydrogens (tertiary/aromatic N) is 1. The van der Waals surface area contributed by atoms with Gasteiger partial charge in [0.2, 0.25) is 0 Å². The van der Waals surface area contributed by atoms with Gasteiger partial charge in [0, 0.05) is 23.2 Å². The van der Waals surface area contributed by atoms with Gasteiger partial charge in [-0.25, -0.2) is 4.79 Å². The molecule has 0 saturated carbocycles. The number of likely N-dealkylation sites (tertiary alicyclic amines) is 1. The Labute approximate surface area is 134 Å². The fraction of sp³-hybridized carbons (Fsp3) is 0.533. The van der Waals surface area contributed by atoms with Gasteiger partial charge < -0.3 is 14.7 Å². The van der Waals surface area contributed by atoms with Crippen molar-refractivity contribution in [2.45, 2.75) is 42.9 Å². The van der Waals surface area contributed by atoms with E-state index in [0.29, 0.717) is 23.4 Å². The Morgan fingerprint density at radius 2 is 2.19 bits per heavy atom. The van der Waals surface area contributed by atoms with Crippen LogP contribution in [0.4, 0.5) is 4.79 Å². The maximum Gasteiger partial charge on any atom is 0.410 e. The highest BCUT2D eigenvalue weighted by Gasteiger charge is 2.30. The Bertz CT molecular complexity index is 530. The quantitative estimate of drug-likeness (QED) is 0.885. The molecule has 1 aliphatic rings. The van der Waals surface area contributed by atoms with Gasteiger partial charge in [-0.3, -0.25) is 0 Å². The van der Waals surface area contributed by atoms with E-state index >= 15 is 0 Å². The molecule has 1 aromatic carbocycles.